The first kappa shape index (κ1) is 19.4. The van der Waals surface area contributed by atoms with Crippen molar-refractivity contribution in [1.82, 2.24) is 9.55 Å². The van der Waals surface area contributed by atoms with Crippen LogP contribution in [0.25, 0.3) is 23.2 Å². The quantitative estimate of drug-likeness (QED) is 0.594. The van der Waals surface area contributed by atoms with Crippen molar-refractivity contribution in [1.29, 1.82) is 0 Å². The molecule has 0 atom stereocenters. The summed E-state index contributed by atoms with van der Waals surface area (Å²) in [6, 6.07) is 10.6. The molecule has 1 aliphatic rings. The topological polar surface area (TPSA) is 39.4 Å². The van der Waals surface area contributed by atoms with E-state index in [1.165, 1.54) is 35.4 Å². The van der Waals surface area contributed by atoms with Crippen molar-refractivity contribution in [3.8, 4) is 5.88 Å². The second-order valence-electron chi connectivity index (χ2n) is 7.72. The van der Waals surface area contributed by atoms with E-state index in [0.29, 0.717) is 6.10 Å². The van der Waals surface area contributed by atoms with Gasteiger partial charge in [0.1, 0.15) is 6.10 Å². The Kier molecular flexibility index (Phi) is 6.09. The van der Waals surface area contributed by atoms with Crippen LogP contribution in [0.3, 0.4) is 0 Å². The highest BCUT2D eigenvalue weighted by atomic mass is 16.5. The molecule has 4 nitrogen and oxygen atoms in total. The summed E-state index contributed by atoms with van der Waals surface area (Å²) in [6.07, 6.45) is 15.6. The third kappa shape index (κ3) is 4.42. The van der Waals surface area contributed by atoms with Gasteiger partial charge in [0.2, 0.25) is 5.88 Å². The van der Waals surface area contributed by atoms with E-state index in [-0.39, 0.29) is 0 Å². The van der Waals surface area contributed by atoms with E-state index in [1.54, 1.807) is 0 Å². The highest BCUT2D eigenvalue weighted by Gasteiger charge is 2.15. The molecule has 29 heavy (non-hydrogen) atoms. The van der Waals surface area contributed by atoms with Gasteiger partial charge in [-0.25, -0.2) is 4.98 Å². The maximum Gasteiger partial charge on any atom is 0.214 e. The minimum atomic E-state index is 0.322. The van der Waals surface area contributed by atoms with Gasteiger partial charge in [0.15, 0.2) is 0 Å². The summed E-state index contributed by atoms with van der Waals surface area (Å²) in [5, 5.41) is 3.51. The van der Waals surface area contributed by atoms with E-state index in [0.717, 1.165) is 42.4 Å². The molecule has 0 radical (unpaired) electrons. The molecule has 1 fully saturated rings. The van der Waals surface area contributed by atoms with Gasteiger partial charge < -0.3 is 9.30 Å². The molecule has 0 N–H and O–H groups in total. The van der Waals surface area contributed by atoms with Crippen LogP contribution in [0.5, 0.6) is 5.88 Å². The first-order chi connectivity index (χ1) is 14.3. The number of nitrogens with zero attached hydrogens (tertiary/aromatic N) is 3. The standard InChI is InChI=1S/C25H29N3O/c1-3-19-8-7-9-21(17-26-2)23(19)13-15-28-14-12-20-16-25(27-18-24(20)28)29-22-10-5-4-6-11-22/h7-9,12-14,16-18,22H,2-6,10-11,15H2,1H3/b21-17-,23-13-. The fraction of sp³-hybridized carbons (Fsp3) is 0.360. The van der Waals surface area contributed by atoms with Crippen LogP contribution in [-0.4, -0.2) is 22.4 Å². The summed E-state index contributed by atoms with van der Waals surface area (Å²) < 4.78 is 8.35. The molecular formula is C25H29N3O. The van der Waals surface area contributed by atoms with Crippen LogP contribution in [-0.2, 0) is 13.0 Å². The molecule has 0 unspecified atom stereocenters. The van der Waals surface area contributed by atoms with Crippen molar-refractivity contribution in [2.24, 2.45) is 4.99 Å². The van der Waals surface area contributed by atoms with Gasteiger partial charge in [-0.05, 0) is 60.9 Å². The van der Waals surface area contributed by atoms with Crippen molar-refractivity contribution in [3.05, 3.63) is 58.7 Å². The average molecular weight is 388 g/mol. The number of hydrogen-bond donors (Lipinski definition) is 0. The molecule has 4 heteroatoms. The van der Waals surface area contributed by atoms with Gasteiger partial charge in [0.25, 0.3) is 0 Å². The molecule has 0 amide bonds. The maximum absolute atomic E-state index is 6.13. The second kappa shape index (κ2) is 9.08. The number of fused-ring (bicyclic) bond motifs is 1. The predicted molar refractivity (Wildman–Crippen MR) is 121 cm³/mol. The minimum Gasteiger partial charge on any atom is -0.474 e. The van der Waals surface area contributed by atoms with Crippen LogP contribution in [0.15, 0.2) is 47.7 Å². The smallest absolute Gasteiger partial charge is 0.214 e. The molecule has 0 aliphatic heterocycles. The Balaban J connectivity index is 1.60. The number of ether oxygens (including phenoxy) is 1. The molecular weight excluding hydrogens is 358 g/mol. The zero-order valence-corrected chi connectivity index (χ0v) is 17.2. The summed E-state index contributed by atoms with van der Waals surface area (Å²) in [4.78, 5) is 8.55. The Morgan fingerprint density at radius 3 is 2.90 bits per heavy atom. The summed E-state index contributed by atoms with van der Waals surface area (Å²) in [5.74, 6) is 0.747. The zero-order valence-electron chi connectivity index (χ0n) is 17.2. The highest BCUT2D eigenvalue weighted by molar-refractivity contribution is 5.80. The number of benzene rings is 1. The molecule has 0 bridgehead atoms. The highest BCUT2D eigenvalue weighted by Crippen LogP contribution is 2.25. The fourth-order valence-electron chi connectivity index (χ4n) is 4.24. The van der Waals surface area contributed by atoms with Gasteiger partial charge in [-0.3, -0.25) is 4.99 Å². The minimum absolute atomic E-state index is 0.322. The molecule has 1 aromatic carbocycles. The van der Waals surface area contributed by atoms with Crippen LogP contribution in [0.4, 0.5) is 0 Å². The van der Waals surface area contributed by atoms with Crippen LogP contribution in [0.2, 0.25) is 0 Å². The van der Waals surface area contributed by atoms with E-state index >= 15 is 0 Å². The van der Waals surface area contributed by atoms with Gasteiger partial charge in [0.05, 0.1) is 11.7 Å². The number of aromatic nitrogens is 2. The maximum atomic E-state index is 6.13. The fourth-order valence-corrected chi connectivity index (χ4v) is 4.24. The van der Waals surface area contributed by atoms with Crippen LogP contribution in [0, 0.1) is 0 Å². The van der Waals surface area contributed by atoms with Crippen molar-refractivity contribution in [2.45, 2.75) is 58.1 Å². The second-order valence-corrected chi connectivity index (χ2v) is 7.72. The molecule has 2 heterocycles. The summed E-state index contributed by atoms with van der Waals surface area (Å²) in [6.45, 7) is 6.57. The van der Waals surface area contributed by atoms with Gasteiger partial charge in [0, 0.05) is 30.4 Å². The Bertz CT molecular complexity index is 1110. The first-order valence-electron chi connectivity index (χ1n) is 10.6. The van der Waals surface area contributed by atoms with Crippen molar-refractivity contribution in [2.75, 3.05) is 0 Å². The summed E-state index contributed by atoms with van der Waals surface area (Å²) in [5.41, 5.74) is 2.44. The average Bonchev–Trinajstić information content (AvgIpc) is 3.16. The number of pyridine rings is 1. The molecule has 150 valence electrons. The Morgan fingerprint density at radius 2 is 2.10 bits per heavy atom. The Morgan fingerprint density at radius 1 is 1.24 bits per heavy atom. The normalized spacial score (nSPS) is 16.4. The molecule has 3 aromatic rings. The monoisotopic (exact) mass is 387 g/mol. The number of aliphatic imine (C=N–C) groups is 1. The van der Waals surface area contributed by atoms with Gasteiger partial charge in [-0.2, -0.15) is 0 Å². The number of rotatable bonds is 6. The Labute approximate surface area is 172 Å². The van der Waals surface area contributed by atoms with Crippen LogP contribution >= 0.6 is 0 Å². The number of aryl methyl sites for hydroxylation is 1. The molecule has 0 saturated heterocycles. The molecule has 1 saturated carbocycles. The predicted octanol–water partition coefficient (Wildman–Crippen LogP) is 4.23. The third-order valence-electron chi connectivity index (χ3n) is 5.81. The van der Waals surface area contributed by atoms with E-state index in [1.807, 2.05) is 12.4 Å². The molecule has 0 spiro atoms. The summed E-state index contributed by atoms with van der Waals surface area (Å²) in [7, 11) is 0. The lowest BCUT2D eigenvalue weighted by Crippen LogP contribution is -2.28. The van der Waals surface area contributed by atoms with E-state index in [4.69, 9.17) is 4.74 Å². The first-order valence-corrected chi connectivity index (χ1v) is 10.6. The lowest BCUT2D eigenvalue weighted by molar-refractivity contribution is 0.149. The largest absolute Gasteiger partial charge is 0.474 e. The molecule has 1 aliphatic carbocycles. The van der Waals surface area contributed by atoms with Gasteiger partial charge >= 0.3 is 0 Å². The van der Waals surface area contributed by atoms with Crippen molar-refractivity contribution in [3.63, 3.8) is 0 Å². The zero-order chi connectivity index (χ0) is 20.1. The van der Waals surface area contributed by atoms with Crippen molar-refractivity contribution < 1.29 is 4.74 Å². The van der Waals surface area contributed by atoms with Gasteiger partial charge in [-0.15, -0.1) is 0 Å². The lowest BCUT2D eigenvalue weighted by atomic mass is 9.98. The van der Waals surface area contributed by atoms with Crippen LogP contribution in [0.1, 0.15) is 44.6 Å². The Hall–Kier alpha value is -2.88. The molecule has 2 aromatic heterocycles. The third-order valence-corrected chi connectivity index (χ3v) is 5.81. The van der Waals surface area contributed by atoms with Crippen molar-refractivity contribution >= 4 is 29.9 Å². The van der Waals surface area contributed by atoms with E-state index in [9.17, 15) is 0 Å². The van der Waals surface area contributed by atoms with Crippen LogP contribution < -0.4 is 15.2 Å². The van der Waals surface area contributed by atoms with E-state index < -0.39 is 0 Å². The van der Waals surface area contributed by atoms with Gasteiger partial charge in [-0.1, -0.05) is 37.6 Å². The summed E-state index contributed by atoms with van der Waals surface area (Å²) >= 11 is 0. The lowest BCUT2D eigenvalue weighted by Gasteiger charge is -2.22. The SMILES string of the molecule is C=N/C=c1/cccc(CC)/c1=C/Cn1ccc2cc(OC3CCCCC3)ncc21. The van der Waals surface area contributed by atoms with E-state index in [2.05, 4.69) is 70.8 Å². The molecule has 4 rings (SSSR count). The number of hydrogen-bond acceptors (Lipinski definition) is 3.